The molecule has 26 heavy (non-hydrogen) atoms. The van der Waals surface area contributed by atoms with Crippen LogP contribution in [0.15, 0.2) is 101 Å². The predicted molar refractivity (Wildman–Crippen MR) is 108 cm³/mol. The van der Waals surface area contributed by atoms with E-state index in [0.29, 0.717) is 10.2 Å². The van der Waals surface area contributed by atoms with Gasteiger partial charge in [0.05, 0.1) is 16.4 Å². The molecule has 126 valence electrons. The first-order valence-electron chi connectivity index (χ1n) is 8.22. The average Bonchev–Trinajstić information content (AvgIpc) is 2.71. The second-order valence-electron chi connectivity index (χ2n) is 5.69. The molecule has 1 heterocycles. The largest absolute Gasteiger partial charge is 0.222 e. The van der Waals surface area contributed by atoms with Crippen molar-refractivity contribution in [3.63, 3.8) is 0 Å². The lowest BCUT2D eigenvalue weighted by Crippen LogP contribution is -1.94. The number of rotatable bonds is 4. The van der Waals surface area contributed by atoms with E-state index >= 15 is 0 Å². The van der Waals surface area contributed by atoms with Crippen molar-refractivity contribution in [2.45, 2.75) is 10.1 Å². The van der Waals surface area contributed by atoms with E-state index in [1.807, 2.05) is 66.7 Å². The molecule has 0 N–H and O–H groups in total. The molecular weight excluding hydrogens is 360 g/mol. The smallest absolute Gasteiger partial charge is 0.193 e. The SMILES string of the molecule is Clc1ccccc1Sc1nc(-c2ccccc2)cc(-c2ccccc2)n1. The standard InChI is InChI=1S/C22H15ClN2S/c23-18-13-7-8-14-21(18)26-22-24-19(16-9-3-1-4-10-16)15-20(25-22)17-11-5-2-6-12-17/h1-15H. The van der Waals surface area contributed by atoms with E-state index in [1.165, 1.54) is 11.8 Å². The summed E-state index contributed by atoms with van der Waals surface area (Å²) in [5.41, 5.74) is 3.92. The molecule has 0 saturated carbocycles. The number of nitrogens with zero attached hydrogens (tertiary/aromatic N) is 2. The predicted octanol–water partition coefficient (Wildman–Crippen LogP) is 6.62. The van der Waals surface area contributed by atoms with Crippen LogP contribution in [0.3, 0.4) is 0 Å². The second-order valence-corrected chi connectivity index (χ2v) is 7.10. The van der Waals surface area contributed by atoms with Gasteiger partial charge in [-0.25, -0.2) is 9.97 Å². The fourth-order valence-electron chi connectivity index (χ4n) is 2.61. The third kappa shape index (κ3) is 3.79. The Bertz CT molecular complexity index is 963. The van der Waals surface area contributed by atoms with E-state index in [4.69, 9.17) is 21.6 Å². The lowest BCUT2D eigenvalue weighted by Gasteiger charge is -2.09. The first-order chi connectivity index (χ1) is 12.8. The van der Waals surface area contributed by atoms with Crippen LogP contribution < -0.4 is 0 Å². The van der Waals surface area contributed by atoms with E-state index in [-0.39, 0.29) is 0 Å². The molecule has 0 bridgehead atoms. The molecule has 2 nitrogen and oxygen atoms in total. The van der Waals surface area contributed by atoms with Crippen LogP contribution in [-0.4, -0.2) is 9.97 Å². The molecule has 0 unspecified atom stereocenters. The van der Waals surface area contributed by atoms with Crippen LogP contribution >= 0.6 is 23.4 Å². The summed E-state index contributed by atoms with van der Waals surface area (Å²) in [7, 11) is 0. The van der Waals surface area contributed by atoms with Gasteiger partial charge in [0, 0.05) is 16.0 Å². The van der Waals surface area contributed by atoms with Gasteiger partial charge in [0.15, 0.2) is 5.16 Å². The molecule has 0 saturated heterocycles. The van der Waals surface area contributed by atoms with Gasteiger partial charge in [-0.3, -0.25) is 0 Å². The molecule has 3 aromatic carbocycles. The topological polar surface area (TPSA) is 25.8 Å². The summed E-state index contributed by atoms with van der Waals surface area (Å²) in [4.78, 5) is 10.5. The number of benzene rings is 3. The summed E-state index contributed by atoms with van der Waals surface area (Å²) < 4.78 is 0. The van der Waals surface area contributed by atoms with Crippen molar-refractivity contribution in [1.82, 2.24) is 9.97 Å². The molecule has 0 radical (unpaired) electrons. The minimum absolute atomic E-state index is 0.679. The minimum Gasteiger partial charge on any atom is -0.222 e. The van der Waals surface area contributed by atoms with Crippen LogP contribution in [0.25, 0.3) is 22.5 Å². The third-order valence-corrected chi connectivity index (χ3v) is 5.27. The van der Waals surface area contributed by atoms with E-state index in [9.17, 15) is 0 Å². The van der Waals surface area contributed by atoms with Crippen LogP contribution in [0.4, 0.5) is 0 Å². The Balaban J connectivity index is 1.82. The van der Waals surface area contributed by atoms with Crippen LogP contribution in [0.1, 0.15) is 0 Å². The molecule has 0 amide bonds. The molecular formula is C22H15ClN2S. The lowest BCUT2D eigenvalue weighted by molar-refractivity contribution is 0.978. The van der Waals surface area contributed by atoms with Gasteiger partial charge >= 0.3 is 0 Å². The molecule has 0 aliphatic rings. The fourth-order valence-corrected chi connectivity index (χ4v) is 3.66. The zero-order valence-electron chi connectivity index (χ0n) is 13.8. The molecule has 0 atom stereocenters. The lowest BCUT2D eigenvalue weighted by atomic mass is 10.1. The Labute approximate surface area is 161 Å². The zero-order chi connectivity index (χ0) is 17.8. The maximum atomic E-state index is 6.31. The highest BCUT2D eigenvalue weighted by atomic mass is 35.5. The van der Waals surface area contributed by atoms with Crippen LogP contribution in [0.2, 0.25) is 5.02 Å². The molecule has 4 aromatic rings. The maximum absolute atomic E-state index is 6.31. The first kappa shape index (κ1) is 16.8. The van der Waals surface area contributed by atoms with Crippen LogP contribution in [-0.2, 0) is 0 Å². The average molecular weight is 375 g/mol. The molecule has 0 spiro atoms. The monoisotopic (exact) mass is 374 g/mol. The highest BCUT2D eigenvalue weighted by Gasteiger charge is 2.11. The molecule has 1 aromatic heterocycles. The summed E-state index contributed by atoms with van der Waals surface area (Å²) in [6.07, 6.45) is 0. The zero-order valence-corrected chi connectivity index (χ0v) is 15.4. The minimum atomic E-state index is 0.679. The molecule has 0 aliphatic carbocycles. The summed E-state index contributed by atoms with van der Waals surface area (Å²) in [6, 6.07) is 30.1. The fraction of sp³-hybridized carbons (Fsp3) is 0. The van der Waals surface area contributed by atoms with Crippen molar-refractivity contribution in [1.29, 1.82) is 0 Å². The quantitative estimate of drug-likeness (QED) is 0.375. The summed E-state index contributed by atoms with van der Waals surface area (Å²) >= 11 is 7.79. The van der Waals surface area contributed by atoms with Crippen molar-refractivity contribution in [3.8, 4) is 22.5 Å². The van der Waals surface area contributed by atoms with Crippen LogP contribution in [0.5, 0.6) is 0 Å². The summed E-state index contributed by atoms with van der Waals surface area (Å²) in [6.45, 7) is 0. The number of aromatic nitrogens is 2. The van der Waals surface area contributed by atoms with E-state index < -0.39 is 0 Å². The van der Waals surface area contributed by atoms with Gasteiger partial charge in [-0.15, -0.1) is 0 Å². The Hall–Kier alpha value is -2.62. The van der Waals surface area contributed by atoms with E-state index in [1.54, 1.807) is 0 Å². The van der Waals surface area contributed by atoms with Crippen molar-refractivity contribution < 1.29 is 0 Å². The molecule has 4 heteroatoms. The van der Waals surface area contributed by atoms with E-state index in [2.05, 4.69) is 24.3 Å². The number of halogens is 1. The summed E-state index contributed by atoms with van der Waals surface area (Å²) in [5.74, 6) is 0. The number of hydrogen-bond donors (Lipinski definition) is 0. The van der Waals surface area contributed by atoms with Crippen molar-refractivity contribution in [2.75, 3.05) is 0 Å². The van der Waals surface area contributed by atoms with Crippen molar-refractivity contribution in [2.24, 2.45) is 0 Å². The van der Waals surface area contributed by atoms with Gasteiger partial charge in [-0.2, -0.15) is 0 Å². The molecule has 4 rings (SSSR count). The maximum Gasteiger partial charge on any atom is 0.193 e. The van der Waals surface area contributed by atoms with Crippen LogP contribution in [0, 0.1) is 0 Å². The van der Waals surface area contributed by atoms with Gasteiger partial charge < -0.3 is 0 Å². The molecule has 0 aliphatic heterocycles. The molecule has 0 fully saturated rings. The summed E-state index contributed by atoms with van der Waals surface area (Å²) in [5, 5.41) is 1.38. The normalized spacial score (nSPS) is 10.7. The highest BCUT2D eigenvalue weighted by molar-refractivity contribution is 7.99. The Kier molecular flexibility index (Phi) is 5.00. The Morgan fingerprint density at radius 1 is 0.615 bits per heavy atom. The third-order valence-electron chi connectivity index (χ3n) is 3.88. The van der Waals surface area contributed by atoms with Gasteiger partial charge in [0.25, 0.3) is 0 Å². The van der Waals surface area contributed by atoms with E-state index in [0.717, 1.165) is 27.4 Å². The Morgan fingerprint density at radius 3 is 1.65 bits per heavy atom. The van der Waals surface area contributed by atoms with Crippen molar-refractivity contribution in [3.05, 3.63) is 96.0 Å². The van der Waals surface area contributed by atoms with Gasteiger partial charge in [-0.1, -0.05) is 84.4 Å². The second kappa shape index (κ2) is 7.73. The first-order valence-corrected chi connectivity index (χ1v) is 9.41. The highest BCUT2D eigenvalue weighted by Crippen LogP contribution is 2.33. The van der Waals surface area contributed by atoms with Gasteiger partial charge in [0.2, 0.25) is 0 Å². The number of hydrogen-bond acceptors (Lipinski definition) is 3. The Morgan fingerprint density at radius 2 is 1.12 bits per heavy atom. The van der Waals surface area contributed by atoms with Crippen molar-refractivity contribution >= 4 is 23.4 Å². The van der Waals surface area contributed by atoms with Gasteiger partial charge in [-0.05, 0) is 30.0 Å². The van der Waals surface area contributed by atoms with Gasteiger partial charge in [0.1, 0.15) is 0 Å².